The second kappa shape index (κ2) is 4.96. The van der Waals surface area contributed by atoms with Gasteiger partial charge in [0.05, 0.1) is 11.0 Å². The third-order valence-corrected chi connectivity index (χ3v) is 3.11. The Labute approximate surface area is 106 Å². The van der Waals surface area contributed by atoms with E-state index in [4.69, 9.17) is 11.6 Å². The van der Waals surface area contributed by atoms with Gasteiger partial charge in [0.1, 0.15) is 0 Å². The van der Waals surface area contributed by atoms with Crippen LogP contribution in [0.25, 0.3) is 11.0 Å². The highest BCUT2D eigenvalue weighted by Crippen LogP contribution is 2.19. The van der Waals surface area contributed by atoms with Crippen molar-refractivity contribution in [3.8, 4) is 0 Å². The molecule has 0 aliphatic heterocycles. The smallest absolute Gasteiger partial charge is 0.292 e. The number of benzene rings is 1. The van der Waals surface area contributed by atoms with Gasteiger partial charge in [-0.3, -0.25) is 9.13 Å². The number of hydrogen-bond donors (Lipinski definition) is 0. The first-order valence-corrected chi connectivity index (χ1v) is 6.45. The number of hydrogen-bond acceptors (Lipinski definition) is 1. The number of fused-ring (bicyclic) bond motifs is 1. The van der Waals surface area contributed by atoms with Gasteiger partial charge in [-0.15, -0.1) is 0 Å². The van der Waals surface area contributed by atoms with E-state index in [2.05, 4.69) is 13.8 Å². The third-order valence-electron chi connectivity index (χ3n) is 2.88. The SMILES string of the molecule is CCCn1c(=O)n(CCC)c2cc(Cl)ccc21. The quantitative estimate of drug-likeness (QED) is 0.820. The lowest BCUT2D eigenvalue weighted by atomic mass is 10.3. The molecule has 0 unspecified atom stereocenters. The molecule has 0 fully saturated rings. The Morgan fingerprint density at radius 2 is 1.65 bits per heavy atom. The maximum Gasteiger partial charge on any atom is 0.329 e. The Hall–Kier alpha value is -1.22. The van der Waals surface area contributed by atoms with Crippen molar-refractivity contribution in [3.63, 3.8) is 0 Å². The zero-order chi connectivity index (χ0) is 12.4. The van der Waals surface area contributed by atoms with Crippen molar-refractivity contribution in [2.45, 2.75) is 39.8 Å². The Bertz CT molecular complexity index is 583. The van der Waals surface area contributed by atoms with Crippen molar-refractivity contribution < 1.29 is 0 Å². The molecule has 3 nitrogen and oxygen atoms in total. The zero-order valence-electron chi connectivity index (χ0n) is 10.2. The maximum atomic E-state index is 12.3. The molecule has 2 rings (SSSR count). The Morgan fingerprint density at radius 3 is 2.24 bits per heavy atom. The van der Waals surface area contributed by atoms with Gasteiger partial charge >= 0.3 is 5.69 Å². The molecule has 1 aromatic heterocycles. The highest BCUT2D eigenvalue weighted by atomic mass is 35.5. The second-order valence-corrected chi connectivity index (χ2v) is 4.66. The Morgan fingerprint density at radius 1 is 1.06 bits per heavy atom. The summed E-state index contributed by atoms with van der Waals surface area (Å²) in [7, 11) is 0. The summed E-state index contributed by atoms with van der Waals surface area (Å²) in [6.45, 7) is 5.64. The van der Waals surface area contributed by atoms with Crippen LogP contribution in [-0.4, -0.2) is 9.13 Å². The molecule has 1 aromatic carbocycles. The average Bonchev–Trinajstić information content (AvgIpc) is 2.55. The van der Waals surface area contributed by atoms with Gasteiger partial charge in [-0.25, -0.2) is 4.79 Å². The summed E-state index contributed by atoms with van der Waals surface area (Å²) in [6.07, 6.45) is 1.89. The minimum Gasteiger partial charge on any atom is -0.292 e. The van der Waals surface area contributed by atoms with E-state index in [0.29, 0.717) is 5.02 Å². The summed E-state index contributed by atoms with van der Waals surface area (Å²) in [5.74, 6) is 0. The van der Waals surface area contributed by atoms with Crippen LogP contribution >= 0.6 is 11.6 Å². The van der Waals surface area contributed by atoms with E-state index < -0.39 is 0 Å². The van der Waals surface area contributed by atoms with Crippen molar-refractivity contribution in [3.05, 3.63) is 33.7 Å². The van der Waals surface area contributed by atoms with E-state index in [1.165, 1.54) is 0 Å². The van der Waals surface area contributed by atoms with Crippen molar-refractivity contribution in [2.75, 3.05) is 0 Å². The minimum absolute atomic E-state index is 0.0750. The first-order valence-electron chi connectivity index (χ1n) is 6.07. The molecular weight excluding hydrogens is 236 g/mol. The third kappa shape index (κ3) is 2.12. The molecule has 0 aliphatic carbocycles. The molecule has 0 spiro atoms. The molecule has 0 amide bonds. The lowest BCUT2D eigenvalue weighted by molar-refractivity contribution is 0.607. The molecule has 2 aromatic rings. The first-order chi connectivity index (χ1) is 8.19. The predicted octanol–water partition coefficient (Wildman–Crippen LogP) is 3.28. The molecule has 17 heavy (non-hydrogen) atoms. The van der Waals surface area contributed by atoms with E-state index in [1.54, 1.807) is 0 Å². The number of halogens is 1. The van der Waals surface area contributed by atoms with Gasteiger partial charge < -0.3 is 0 Å². The fourth-order valence-electron chi connectivity index (χ4n) is 2.17. The number of rotatable bonds is 4. The van der Waals surface area contributed by atoms with Gasteiger partial charge in [0.25, 0.3) is 0 Å². The molecular formula is C13H17ClN2O. The van der Waals surface area contributed by atoms with Crippen molar-refractivity contribution in [2.24, 2.45) is 0 Å². The molecule has 0 saturated carbocycles. The summed E-state index contributed by atoms with van der Waals surface area (Å²) in [6, 6.07) is 5.65. The number of aromatic nitrogens is 2. The monoisotopic (exact) mass is 252 g/mol. The van der Waals surface area contributed by atoms with Gasteiger partial charge in [-0.05, 0) is 31.0 Å². The summed E-state index contributed by atoms with van der Waals surface area (Å²) < 4.78 is 3.65. The fourth-order valence-corrected chi connectivity index (χ4v) is 2.34. The summed E-state index contributed by atoms with van der Waals surface area (Å²) in [5, 5.41) is 0.677. The van der Waals surface area contributed by atoms with Crippen LogP contribution in [-0.2, 0) is 13.1 Å². The van der Waals surface area contributed by atoms with E-state index in [-0.39, 0.29) is 5.69 Å². The Kier molecular flexibility index (Phi) is 3.57. The van der Waals surface area contributed by atoms with Crippen LogP contribution in [0.4, 0.5) is 0 Å². The molecule has 92 valence electrons. The normalized spacial score (nSPS) is 11.2. The zero-order valence-corrected chi connectivity index (χ0v) is 11.0. The predicted molar refractivity (Wildman–Crippen MR) is 71.8 cm³/mol. The van der Waals surface area contributed by atoms with E-state index >= 15 is 0 Å². The van der Waals surface area contributed by atoms with Crippen molar-refractivity contribution in [1.82, 2.24) is 9.13 Å². The molecule has 0 atom stereocenters. The fraction of sp³-hybridized carbons (Fsp3) is 0.462. The van der Waals surface area contributed by atoms with E-state index in [1.807, 2.05) is 27.3 Å². The van der Waals surface area contributed by atoms with Crippen molar-refractivity contribution >= 4 is 22.6 Å². The minimum atomic E-state index is 0.0750. The maximum absolute atomic E-state index is 12.3. The second-order valence-electron chi connectivity index (χ2n) is 4.22. The first kappa shape index (κ1) is 12.2. The molecule has 4 heteroatoms. The van der Waals surface area contributed by atoms with Gasteiger partial charge in [0, 0.05) is 18.1 Å². The van der Waals surface area contributed by atoms with E-state index in [0.717, 1.165) is 37.0 Å². The topological polar surface area (TPSA) is 26.9 Å². The molecule has 0 aliphatic rings. The lowest BCUT2D eigenvalue weighted by Gasteiger charge is -1.99. The van der Waals surface area contributed by atoms with E-state index in [9.17, 15) is 4.79 Å². The van der Waals surface area contributed by atoms with Gasteiger partial charge in [-0.2, -0.15) is 0 Å². The van der Waals surface area contributed by atoms with Crippen molar-refractivity contribution in [1.29, 1.82) is 0 Å². The average molecular weight is 253 g/mol. The number of aryl methyl sites for hydroxylation is 2. The highest BCUT2D eigenvalue weighted by Gasteiger charge is 2.11. The van der Waals surface area contributed by atoms with Crippen LogP contribution in [0.3, 0.4) is 0 Å². The summed E-state index contributed by atoms with van der Waals surface area (Å²) in [5.41, 5.74) is 2.00. The molecule has 0 N–H and O–H groups in total. The van der Waals surface area contributed by atoms with Crippen LogP contribution in [0.15, 0.2) is 23.0 Å². The Balaban J connectivity index is 2.73. The van der Waals surface area contributed by atoms with Gasteiger partial charge in [0.2, 0.25) is 0 Å². The van der Waals surface area contributed by atoms with Crippen LogP contribution in [0.1, 0.15) is 26.7 Å². The van der Waals surface area contributed by atoms with Crippen LogP contribution in [0, 0.1) is 0 Å². The molecule has 0 radical (unpaired) electrons. The van der Waals surface area contributed by atoms with Gasteiger partial charge in [0.15, 0.2) is 0 Å². The van der Waals surface area contributed by atoms with Crippen LogP contribution in [0.2, 0.25) is 5.02 Å². The van der Waals surface area contributed by atoms with Crippen LogP contribution < -0.4 is 5.69 Å². The lowest BCUT2D eigenvalue weighted by Crippen LogP contribution is -2.24. The van der Waals surface area contributed by atoms with Crippen LogP contribution in [0.5, 0.6) is 0 Å². The standard InChI is InChI=1S/C13H17ClN2O/c1-3-7-15-11-6-5-10(14)9-12(11)16(8-4-2)13(15)17/h5-6,9H,3-4,7-8H2,1-2H3. The molecule has 0 bridgehead atoms. The van der Waals surface area contributed by atoms with Gasteiger partial charge in [-0.1, -0.05) is 25.4 Å². The summed E-state index contributed by atoms with van der Waals surface area (Å²) >= 11 is 6.00. The largest absolute Gasteiger partial charge is 0.329 e. The summed E-state index contributed by atoms with van der Waals surface area (Å²) in [4.78, 5) is 12.3. The molecule has 0 saturated heterocycles. The number of nitrogens with zero attached hydrogens (tertiary/aromatic N) is 2. The molecule has 1 heterocycles. The highest BCUT2D eigenvalue weighted by molar-refractivity contribution is 6.31. The number of imidazole rings is 1.